The minimum atomic E-state index is -0.458. The smallest absolute Gasteiger partial charge is 0.196 e. The Balaban J connectivity index is 2.04. The molecule has 1 unspecified atom stereocenters. The van der Waals surface area contributed by atoms with Crippen molar-refractivity contribution in [1.29, 1.82) is 0 Å². The van der Waals surface area contributed by atoms with Gasteiger partial charge in [0.05, 0.1) is 25.1 Å². The van der Waals surface area contributed by atoms with Crippen LogP contribution in [0.4, 0.5) is 0 Å². The molecule has 0 aromatic rings. The molecule has 15 heavy (non-hydrogen) atoms. The SMILES string of the molecule is NC1=C(NC2=CCOCC2)NC(Cl)N=C1. The minimum Gasteiger partial charge on any atom is -0.395 e. The topological polar surface area (TPSA) is 71.7 Å². The largest absolute Gasteiger partial charge is 0.395 e. The first kappa shape index (κ1) is 10.3. The van der Waals surface area contributed by atoms with Gasteiger partial charge in [0.25, 0.3) is 0 Å². The van der Waals surface area contributed by atoms with E-state index in [-0.39, 0.29) is 0 Å². The van der Waals surface area contributed by atoms with Crippen molar-refractivity contribution in [2.24, 2.45) is 10.7 Å². The summed E-state index contributed by atoms with van der Waals surface area (Å²) in [5.74, 6) is 0.707. The van der Waals surface area contributed by atoms with E-state index in [0.29, 0.717) is 18.1 Å². The van der Waals surface area contributed by atoms with Gasteiger partial charge in [-0.1, -0.05) is 11.6 Å². The first-order chi connectivity index (χ1) is 7.25. The van der Waals surface area contributed by atoms with Crippen LogP contribution in [0.3, 0.4) is 0 Å². The first-order valence-corrected chi connectivity index (χ1v) is 5.16. The van der Waals surface area contributed by atoms with Gasteiger partial charge in [-0.3, -0.25) is 4.99 Å². The summed E-state index contributed by atoms with van der Waals surface area (Å²) in [5.41, 5.74) is 6.93. The highest BCUT2D eigenvalue weighted by molar-refractivity contribution is 6.21. The van der Waals surface area contributed by atoms with Gasteiger partial charge in [0.2, 0.25) is 0 Å². The van der Waals surface area contributed by atoms with Gasteiger partial charge in [-0.25, -0.2) is 0 Å². The Morgan fingerprint density at radius 1 is 1.67 bits per heavy atom. The van der Waals surface area contributed by atoms with E-state index in [2.05, 4.69) is 15.6 Å². The Morgan fingerprint density at radius 3 is 3.27 bits per heavy atom. The second-order valence-corrected chi connectivity index (χ2v) is 3.68. The molecule has 0 fully saturated rings. The monoisotopic (exact) mass is 228 g/mol. The highest BCUT2D eigenvalue weighted by Gasteiger charge is 2.13. The number of nitrogens with zero attached hydrogens (tertiary/aromatic N) is 1. The van der Waals surface area contributed by atoms with E-state index < -0.39 is 5.62 Å². The number of hydrogen-bond acceptors (Lipinski definition) is 5. The molecule has 2 aliphatic rings. The predicted octanol–water partition coefficient (Wildman–Crippen LogP) is 0.204. The predicted molar refractivity (Wildman–Crippen MR) is 59.1 cm³/mol. The first-order valence-electron chi connectivity index (χ1n) is 4.73. The fourth-order valence-electron chi connectivity index (χ4n) is 1.36. The number of nitrogens with two attached hydrogens (primary N) is 1. The van der Waals surface area contributed by atoms with E-state index >= 15 is 0 Å². The Bertz CT molecular complexity index is 337. The van der Waals surface area contributed by atoms with Crippen LogP contribution in [-0.2, 0) is 4.74 Å². The van der Waals surface area contributed by atoms with Crippen LogP contribution in [0.25, 0.3) is 0 Å². The van der Waals surface area contributed by atoms with Crippen LogP contribution in [0.5, 0.6) is 0 Å². The Kier molecular flexibility index (Phi) is 3.13. The number of aliphatic imine (C=N–C) groups is 1. The van der Waals surface area contributed by atoms with Crippen molar-refractivity contribution in [2.45, 2.75) is 12.0 Å². The van der Waals surface area contributed by atoms with Crippen LogP contribution in [0.15, 0.2) is 28.3 Å². The lowest BCUT2D eigenvalue weighted by Crippen LogP contribution is -2.37. The number of nitrogens with one attached hydrogen (secondary N) is 2. The van der Waals surface area contributed by atoms with E-state index in [1.165, 1.54) is 0 Å². The molecule has 4 N–H and O–H groups in total. The molecule has 0 radical (unpaired) electrons. The number of halogens is 1. The van der Waals surface area contributed by atoms with Gasteiger partial charge in [-0.2, -0.15) is 0 Å². The molecule has 2 heterocycles. The lowest BCUT2D eigenvalue weighted by Gasteiger charge is -2.23. The van der Waals surface area contributed by atoms with Gasteiger partial charge >= 0.3 is 0 Å². The molecule has 6 heteroatoms. The van der Waals surface area contributed by atoms with Gasteiger partial charge in [-0.15, -0.1) is 0 Å². The molecule has 5 nitrogen and oxygen atoms in total. The number of rotatable bonds is 2. The van der Waals surface area contributed by atoms with Gasteiger partial charge < -0.3 is 21.1 Å². The Hall–Kier alpha value is -1.20. The number of allylic oxidation sites excluding steroid dienone is 1. The third kappa shape index (κ3) is 2.64. The summed E-state index contributed by atoms with van der Waals surface area (Å²) in [4.78, 5) is 3.92. The van der Waals surface area contributed by atoms with Crippen LogP contribution < -0.4 is 16.4 Å². The van der Waals surface area contributed by atoms with Gasteiger partial charge in [0, 0.05) is 12.1 Å². The van der Waals surface area contributed by atoms with E-state index in [0.717, 1.165) is 18.7 Å². The summed E-state index contributed by atoms with van der Waals surface area (Å²) in [6, 6.07) is 0. The van der Waals surface area contributed by atoms with Crippen molar-refractivity contribution in [3.63, 3.8) is 0 Å². The molecule has 0 saturated carbocycles. The standard InChI is InChI=1S/C9H13ClN4O/c10-9-12-5-7(11)8(14-9)13-6-1-3-15-4-2-6/h1,5,9,13-14H,2-4,11H2. The summed E-state index contributed by atoms with van der Waals surface area (Å²) in [6.07, 6.45) is 4.39. The fourth-order valence-corrected chi connectivity index (χ4v) is 1.52. The second kappa shape index (κ2) is 4.55. The number of alkyl halides is 1. The second-order valence-electron chi connectivity index (χ2n) is 3.27. The Morgan fingerprint density at radius 2 is 2.53 bits per heavy atom. The third-order valence-electron chi connectivity index (χ3n) is 2.15. The summed E-state index contributed by atoms with van der Waals surface area (Å²) in [5, 5.41) is 6.13. The van der Waals surface area contributed by atoms with Crippen LogP contribution >= 0.6 is 11.6 Å². The van der Waals surface area contributed by atoms with Crippen molar-refractivity contribution >= 4 is 17.8 Å². The molecular weight excluding hydrogens is 216 g/mol. The average molecular weight is 229 g/mol. The molecule has 0 saturated heterocycles. The summed E-state index contributed by atoms with van der Waals surface area (Å²) >= 11 is 5.81. The minimum absolute atomic E-state index is 0.458. The number of hydrogen-bond donors (Lipinski definition) is 3. The van der Waals surface area contributed by atoms with E-state index in [1.807, 2.05) is 6.08 Å². The highest BCUT2D eigenvalue weighted by atomic mass is 35.5. The van der Waals surface area contributed by atoms with Crippen LogP contribution in [0.2, 0.25) is 0 Å². The van der Waals surface area contributed by atoms with Crippen molar-refractivity contribution in [3.05, 3.63) is 23.3 Å². The van der Waals surface area contributed by atoms with Crippen LogP contribution in [-0.4, -0.2) is 25.1 Å². The zero-order valence-corrected chi connectivity index (χ0v) is 8.92. The maximum Gasteiger partial charge on any atom is 0.196 e. The molecule has 0 aromatic carbocycles. The van der Waals surface area contributed by atoms with Gasteiger partial charge in [0.15, 0.2) is 5.62 Å². The number of ether oxygens (including phenoxy) is 1. The average Bonchev–Trinajstić information content (AvgIpc) is 2.25. The maximum absolute atomic E-state index is 5.81. The lowest BCUT2D eigenvalue weighted by molar-refractivity contribution is 0.152. The fraction of sp³-hybridized carbons (Fsp3) is 0.444. The van der Waals surface area contributed by atoms with Crippen molar-refractivity contribution in [1.82, 2.24) is 10.6 Å². The van der Waals surface area contributed by atoms with Crippen LogP contribution in [0.1, 0.15) is 6.42 Å². The van der Waals surface area contributed by atoms with E-state index in [1.54, 1.807) is 6.21 Å². The molecule has 0 aliphatic carbocycles. The quantitative estimate of drug-likeness (QED) is 0.467. The highest BCUT2D eigenvalue weighted by Crippen LogP contribution is 2.09. The van der Waals surface area contributed by atoms with Crippen LogP contribution in [0, 0.1) is 0 Å². The summed E-state index contributed by atoms with van der Waals surface area (Å²) < 4.78 is 5.20. The molecule has 82 valence electrons. The lowest BCUT2D eigenvalue weighted by atomic mass is 10.2. The zero-order chi connectivity index (χ0) is 10.7. The summed E-state index contributed by atoms with van der Waals surface area (Å²) in [7, 11) is 0. The molecule has 2 aliphatic heterocycles. The molecule has 0 amide bonds. The van der Waals surface area contributed by atoms with Gasteiger partial charge in [-0.05, 0) is 6.08 Å². The zero-order valence-electron chi connectivity index (χ0n) is 8.16. The molecule has 1 atom stereocenters. The van der Waals surface area contributed by atoms with Crippen molar-refractivity contribution < 1.29 is 4.74 Å². The van der Waals surface area contributed by atoms with Crippen molar-refractivity contribution in [3.8, 4) is 0 Å². The molecule has 0 bridgehead atoms. The third-order valence-corrected chi connectivity index (χ3v) is 2.37. The van der Waals surface area contributed by atoms with E-state index in [9.17, 15) is 0 Å². The molecule has 2 rings (SSSR count). The molecule has 0 aromatic heterocycles. The molecule has 0 spiro atoms. The molecular formula is C9H13ClN4O. The van der Waals surface area contributed by atoms with Crippen molar-refractivity contribution in [2.75, 3.05) is 13.2 Å². The normalized spacial score (nSPS) is 25.9. The van der Waals surface area contributed by atoms with Gasteiger partial charge in [0.1, 0.15) is 5.82 Å². The Labute approximate surface area is 93.0 Å². The maximum atomic E-state index is 5.81. The van der Waals surface area contributed by atoms with E-state index in [4.69, 9.17) is 22.1 Å². The summed E-state index contributed by atoms with van der Waals surface area (Å²) in [6.45, 7) is 1.36.